The molecule has 1 fully saturated rings. The van der Waals surface area contributed by atoms with Crippen LogP contribution in [0.2, 0.25) is 0 Å². The van der Waals surface area contributed by atoms with Crippen LogP contribution in [0.1, 0.15) is 18.6 Å². The maximum Gasteiger partial charge on any atom is 0.262 e. The summed E-state index contributed by atoms with van der Waals surface area (Å²) >= 11 is 0. The summed E-state index contributed by atoms with van der Waals surface area (Å²) in [5.41, 5.74) is 1.83. The van der Waals surface area contributed by atoms with Crippen LogP contribution in [0.25, 0.3) is 0 Å². The third kappa shape index (κ3) is 1.47. The van der Waals surface area contributed by atoms with Crippen molar-refractivity contribution < 1.29 is 14.3 Å². The molecule has 2 heterocycles. The van der Waals surface area contributed by atoms with E-state index >= 15 is 0 Å². The highest BCUT2D eigenvalue weighted by molar-refractivity contribution is 5.95. The summed E-state index contributed by atoms with van der Waals surface area (Å²) in [6.45, 7) is 2.13. The van der Waals surface area contributed by atoms with Gasteiger partial charge in [0.2, 0.25) is 0 Å². The number of carbonyl (C=O) groups is 1. The first kappa shape index (κ1) is 8.73. The number of hydrogen-bond acceptors (Lipinski definition) is 3. The molecule has 1 saturated heterocycles. The van der Waals surface area contributed by atoms with E-state index in [-0.39, 0.29) is 24.7 Å². The molecule has 0 bridgehead atoms. The van der Waals surface area contributed by atoms with Crippen LogP contribution in [-0.2, 0) is 9.53 Å². The van der Waals surface area contributed by atoms with Crippen LogP contribution < -0.4 is 10.1 Å². The van der Waals surface area contributed by atoms with Crippen LogP contribution in [0.4, 0.5) is 5.69 Å². The first-order chi connectivity index (χ1) is 7.24. The molecule has 1 aromatic rings. The highest BCUT2D eigenvalue weighted by Crippen LogP contribution is 2.41. The average molecular weight is 205 g/mol. The molecule has 1 amide bonds. The largest absolute Gasteiger partial charge is 0.482 e. The van der Waals surface area contributed by atoms with Gasteiger partial charge in [0.05, 0.1) is 11.8 Å². The van der Waals surface area contributed by atoms with Gasteiger partial charge in [0.25, 0.3) is 5.91 Å². The van der Waals surface area contributed by atoms with Gasteiger partial charge in [-0.25, -0.2) is 0 Å². The highest BCUT2D eigenvalue weighted by atomic mass is 16.6. The van der Waals surface area contributed by atoms with E-state index in [9.17, 15) is 4.79 Å². The number of fused-ring (bicyclic) bond motifs is 1. The molecule has 0 spiro atoms. The molecule has 15 heavy (non-hydrogen) atoms. The van der Waals surface area contributed by atoms with Crippen LogP contribution >= 0.6 is 0 Å². The number of hydrogen-bond donors (Lipinski definition) is 1. The predicted octanol–water partition coefficient (Wildman–Crippen LogP) is 1.48. The zero-order chi connectivity index (χ0) is 10.4. The lowest BCUT2D eigenvalue weighted by Crippen LogP contribution is -2.25. The number of benzene rings is 1. The quantitative estimate of drug-likeness (QED) is 0.706. The Labute approximate surface area is 87.2 Å². The van der Waals surface area contributed by atoms with E-state index in [0.717, 1.165) is 17.0 Å². The molecular formula is C11H11NO3. The molecule has 0 aromatic heterocycles. The summed E-state index contributed by atoms with van der Waals surface area (Å²) in [5, 5.41) is 2.78. The normalized spacial score (nSPS) is 27.7. The third-order valence-electron chi connectivity index (χ3n) is 2.68. The van der Waals surface area contributed by atoms with Gasteiger partial charge < -0.3 is 14.8 Å². The van der Waals surface area contributed by atoms with Crippen molar-refractivity contribution in [2.45, 2.75) is 19.1 Å². The van der Waals surface area contributed by atoms with E-state index in [0.29, 0.717) is 0 Å². The number of rotatable bonds is 1. The Morgan fingerprint density at radius 3 is 3.00 bits per heavy atom. The minimum atomic E-state index is -0.107. The monoisotopic (exact) mass is 205 g/mol. The van der Waals surface area contributed by atoms with Crippen molar-refractivity contribution in [2.24, 2.45) is 0 Å². The molecule has 0 radical (unpaired) electrons. The predicted molar refractivity (Wildman–Crippen MR) is 53.9 cm³/mol. The minimum Gasteiger partial charge on any atom is -0.482 e. The molecule has 0 saturated carbocycles. The Morgan fingerprint density at radius 1 is 1.47 bits per heavy atom. The molecule has 1 N–H and O–H groups in total. The van der Waals surface area contributed by atoms with Gasteiger partial charge in [-0.2, -0.15) is 0 Å². The number of amides is 1. The van der Waals surface area contributed by atoms with Gasteiger partial charge in [-0.1, -0.05) is 6.07 Å². The van der Waals surface area contributed by atoms with E-state index in [4.69, 9.17) is 9.47 Å². The number of anilines is 1. The van der Waals surface area contributed by atoms with Crippen LogP contribution in [0.5, 0.6) is 5.75 Å². The second-order valence-corrected chi connectivity index (χ2v) is 3.85. The van der Waals surface area contributed by atoms with E-state index in [2.05, 4.69) is 5.32 Å². The second-order valence-electron chi connectivity index (χ2n) is 3.85. The Balaban J connectivity index is 1.94. The Hall–Kier alpha value is -1.55. The third-order valence-corrected chi connectivity index (χ3v) is 2.68. The number of nitrogens with one attached hydrogen (secondary N) is 1. The topological polar surface area (TPSA) is 50.9 Å². The molecule has 2 aliphatic heterocycles. The lowest BCUT2D eigenvalue weighted by molar-refractivity contribution is -0.118. The number of epoxide rings is 1. The summed E-state index contributed by atoms with van der Waals surface area (Å²) in [4.78, 5) is 11.1. The standard InChI is InChI=1S/C11H11NO3/c1-6-11(15-6)7-2-3-9-8(4-7)12-10(13)5-14-9/h2-4,6,11H,5H2,1H3,(H,12,13). The lowest BCUT2D eigenvalue weighted by atomic mass is 10.1. The number of ether oxygens (including phenoxy) is 2. The average Bonchev–Trinajstić information content (AvgIpc) is 2.94. The highest BCUT2D eigenvalue weighted by Gasteiger charge is 2.36. The van der Waals surface area contributed by atoms with E-state index in [1.54, 1.807) is 0 Å². The molecule has 3 rings (SSSR count). The molecule has 2 unspecified atom stereocenters. The van der Waals surface area contributed by atoms with Gasteiger partial charge in [0, 0.05) is 0 Å². The molecule has 78 valence electrons. The fourth-order valence-electron chi connectivity index (χ4n) is 1.81. The molecule has 4 heteroatoms. The fraction of sp³-hybridized carbons (Fsp3) is 0.364. The van der Waals surface area contributed by atoms with Crippen molar-refractivity contribution in [1.29, 1.82) is 0 Å². The summed E-state index contributed by atoms with van der Waals surface area (Å²) in [7, 11) is 0. The SMILES string of the molecule is CC1OC1c1ccc2c(c1)NC(=O)CO2. The Kier molecular flexibility index (Phi) is 1.73. The second kappa shape index (κ2) is 2.97. The fourth-order valence-corrected chi connectivity index (χ4v) is 1.81. The Bertz CT molecular complexity index is 430. The Morgan fingerprint density at radius 2 is 2.27 bits per heavy atom. The molecular weight excluding hydrogens is 194 g/mol. The van der Waals surface area contributed by atoms with Crippen molar-refractivity contribution in [3.8, 4) is 5.75 Å². The molecule has 0 aliphatic carbocycles. The van der Waals surface area contributed by atoms with Gasteiger partial charge in [-0.3, -0.25) is 4.79 Å². The van der Waals surface area contributed by atoms with Crippen LogP contribution in [0.15, 0.2) is 18.2 Å². The van der Waals surface area contributed by atoms with Gasteiger partial charge in [-0.05, 0) is 24.6 Å². The van der Waals surface area contributed by atoms with Crippen molar-refractivity contribution >= 4 is 11.6 Å². The van der Waals surface area contributed by atoms with Crippen LogP contribution in [0, 0.1) is 0 Å². The lowest BCUT2D eigenvalue weighted by Gasteiger charge is -2.18. The smallest absolute Gasteiger partial charge is 0.262 e. The summed E-state index contributed by atoms with van der Waals surface area (Å²) in [5.74, 6) is 0.621. The summed E-state index contributed by atoms with van der Waals surface area (Å²) in [6.07, 6.45) is 0.456. The van der Waals surface area contributed by atoms with Gasteiger partial charge in [-0.15, -0.1) is 0 Å². The van der Waals surface area contributed by atoms with Gasteiger partial charge >= 0.3 is 0 Å². The summed E-state index contributed by atoms with van der Waals surface area (Å²) < 4.78 is 10.6. The van der Waals surface area contributed by atoms with Gasteiger partial charge in [0.1, 0.15) is 11.9 Å². The zero-order valence-electron chi connectivity index (χ0n) is 8.32. The van der Waals surface area contributed by atoms with Crippen molar-refractivity contribution in [2.75, 3.05) is 11.9 Å². The van der Waals surface area contributed by atoms with E-state index in [1.165, 1.54) is 0 Å². The molecule has 2 aliphatic rings. The van der Waals surface area contributed by atoms with E-state index in [1.807, 2.05) is 25.1 Å². The van der Waals surface area contributed by atoms with Crippen LogP contribution in [-0.4, -0.2) is 18.6 Å². The maximum absolute atomic E-state index is 11.1. The van der Waals surface area contributed by atoms with Crippen LogP contribution in [0.3, 0.4) is 0 Å². The van der Waals surface area contributed by atoms with Gasteiger partial charge in [0.15, 0.2) is 6.61 Å². The molecule has 1 aromatic carbocycles. The van der Waals surface area contributed by atoms with E-state index < -0.39 is 0 Å². The minimum absolute atomic E-state index is 0.0999. The van der Waals surface area contributed by atoms with Crippen molar-refractivity contribution in [3.63, 3.8) is 0 Å². The first-order valence-corrected chi connectivity index (χ1v) is 4.96. The first-order valence-electron chi connectivity index (χ1n) is 4.96. The molecule has 2 atom stereocenters. The van der Waals surface area contributed by atoms with Crippen molar-refractivity contribution in [3.05, 3.63) is 23.8 Å². The van der Waals surface area contributed by atoms with Crippen molar-refractivity contribution in [1.82, 2.24) is 0 Å². The summed E-state index contributed by atoms with van der Waals surface area (Å²) in [6, 6.07) is 5.77. The number of carbonyl (C=O) groups excluding carboxylic acids is 1. The maximum atomic E-state index is 11.1. The zero-order valence-corrected chi connectivity index (χ0v) is 8.32. The molecule has 4 nitrogen and oxygen atoms in total.